The number of fused-ring (bicyclic) bond motifs is 1. The van der Waals surface area contributed by atoms with Crippen LogP contribution in [0.4, 0.5) is 0 Å². The monoisotopic (exact) mass is 608 g/mol. The average Bonchev–Trinajstić information content (AvgIpc) is 3.64. The second kappa shape index (κ2) is 13.8. The Kier molecular flexibility index (Phi) is 9.90. The second-order valence-corrected chi connectivity index (χ2v) is 12.8. The Labute approximate surface area is 254 Å². The Morgan fingerprint density at radius 3 is 2.37 bits per heavy atom. The molecule has 2 aliphatic heterocycles. The number of ether oxygens (including phenoxy) is 4. The van der Waals surface area contributed by atoms with Gasteiger partial charge >= 0.3 is 5.97 Å². The number of likely N-dealkylation sites (tertiary alicyclic amines) is 1. The highest BCUT2D eigenvalue weighted by Gasteiger charge is 2.48. The number of rotatable bonds is 13. The summed E-state index contributed by atoms with van der Waals surface area (Å²) in [5.41, 5.74) is 2.65. The van der Waals surface area contributed by atoms with Crippen LogP contribution in [0.2, 0.25) is 0 Å². The van der Waals surface area contributed by atoms with Crippen LogP contribution in [0.5, 0.6) is 17.2 Å². The maximum absolute atomic E-state index is 13.7. The van der Waals surface area contributed by atoms with Crippen LogP contribution in [0.15, 0.2) is 72.8 Å². The first-order valence-corrected chi connectivity index (χ1v) is 16.4. The zero-order chi connectivity index (χ0) is 30.4. The van der Waals surface area contributed by atoms with Crippen molar-refractivity contribution in [2.24, 2.45) is 5.92 Å². The Hall–Kier alpha value is -3.60. The summed E-state index contributed by atoms with van der Waals surface area (Å²) in [6.45, 7) is 5.93. The van der Waals surface area contributed by atoms with Crippen LogP contribution in [-0.4, -0.2) is 70.3 Å². The molecule has 1 saturated heterocycles. The van der Waals surface area contributed by atoms with Gasteiger partial charge in [-0.2, -0.15) is 0 Å². The molecule has 0 bridgehead atoms. The van der Waals surface area contributed by atoms with E-state index in [1.807, 2.05) is 86.6 Å². The maximum atomic E-state index is 13.7. The molecule has 0 aromatic heterocycles. The minimum absolute atomic E-state index is 0.0545. The molecule has 3 aromatic rings. The van der Waals surface area contributed by atoms with Crippen molar-refractivity contribution < 1.29 is 32.2 Å². The van der Waals surface area contributed by atoms with Crippen molar-refractivity contribution in [3.63, 3.8) is 0 Å². The summed E-state index contributed by atoms with van der Waals surface area (Å²) in [5, 5.41) is 0. The van der Waals surface area contributed by atoms with Gasteiger partial charge in [-0.15, -0.1) is 0 Å². The van der Waals surface area contributed by atoms with E-state index in [4.69, 9.17) is 18.9 Å². The van der Waals surface area contributed by atoms with Crippen molar-refractivity contribution in [3.05, 3.63) is 89.5 Å². The van der Waals surface area contributed by atoms with E-state index in [0.717, 1.165) is 22.4 Å². The lowest BCUT2D eigenvalue weighted by molar-refractivity contribution is -0.149. The quantitative estimate of drug-likeness (QED) is 0.251. The SMILES string of the molecule is CCCN(CCN1C[C@H](c2ccc3c(c2)OCO3)[C@@H](C(=O)OCC)[C@@H]1c1ccc(OC)cc1)S(=O)(=O)Cc1ccccc1. The van der Waals surface area contributed by atoms with Crippen molar-refractivity contribution in [3.8, 4) is 17.2 Å². The molecule has 0 amide bonds. The molecule has 5 rings (SSSR count). The first kappa shape index (κ1) is 30.8. The Morgan fingerprint density at radius 2 is 1.67 bits per heavy atom. The van der Waals surface area contributed by atoms with Gasteiger partial charge in [-0.05, 0) is 54.3 Å². The molecule has 43 heavy (non-hydrogen) atoms. The number of methoxy groups -OCH3 is 1. The van der Waals surface area contributed by atoms with Gasteiger partial charge in [0.2, 0.25) is 16.8 Å². The van der Waals surface area contributed by atoms with E-state index in [2.05, 4.69) is 4.90 Å². The summed E-state index contributed by atoms with van der Waals surface area (Å²) in [6, 6.07) is 22.4. The summed E-state index contributed by atoms with van der Waals surface area (Å²) in [6.07, 6.45) is 0.696. The number of esters is 1. The lowest BCUT2D eigenvalue weighted by Gasteiger charge is -2.30. The van der Waals surface area contributed by atoms with Gasteiger partial charge in [-0.1, -0.05) is 55.5 Å². The van der Waals surface area contributed by atoms with Crippen LogP contribution < -0.4 is 14.2 Å². The van der Waals surface area contributed by atoms with E-state index in [1.165, 1.54) is 0 Å². The summed E-state index contributed by atoms with van der Waals surface area (Å²) in [4.78, 5) is 15.9. The Bertz CT molecular complexity index is 1480. The van der Waals surface area contributed by atoms with Gasteiger partial charge in [0, 0.05) is 38.1 Å². The summed E-state index contributed by atoms with van der Waals surface area (Å²) in [7, 11) is -1.95. The largest absolute Gasteiger partial charge is 0.497 e. The van der Waals surface area contributed by atoms with Crippen LogP contribution in [0.25, 0.3) is 0 Å². The molecule has 0 N–H and O–H groups in total. The molecule has 0 saturated carbocycles. The molecule has 0 unspecified atom stereocenters. The predicted octanol–water partition coefficient (Wildman–Crippen LogP) is 4.99. The second-order valence-electron chi connectivity index (χ2n) is 10.9. The Morgan fingerprint density at radius 1 is 0.953 bits per heavy atom. The summed E-state index contributed by atoms with van der Waals surface area (Å²) in [5.74, 6) is 0.985. The van der Waals surface area contributed by atoms with Crippen LogP contribution >= 0.6 is 0 Å². The molecular weight excluding hydrogens is 568 g/mol. The highest BCUT2D eigenvalue weighted by molar-refractivity contribution is 7.88. The highest BCUT2D eigenvalue weighted by atomic mass is 32.2. The minimum atomic E-state index is -3.56. The van der Waals surface area contributed by atoms with Crippen molar-refractivity contribution in [2.75, 3.05) is 46.7 Å². The molecule has 9 nitrogen and oxygen atoms in total. The standard InChI is InChI=1S/C33H40N2O7S/c1-4-17-35(43(37,38)22-24-9-7-6-8-10-24)19-18-34-21-28(26-13-16-29-30(20-26)42-23-41-29)31(33(36)40-5-2)32(34)25-11-14-27(39-3)15-12-25/h6-16,20,28,31-32H,4-5,17-19,21-23H2,1-3H3/t28-,31-,32+/m1/s1. The Balaban J connectivity index is 1.48. The average molecular weight is 609 g/mol. The van der Waals surface area contributed by atoms with Crippen molar-refractivity contribution in [1.82, 2.24) is 9.21 Å². The van der Waals surface area contributed by atoms with Crippen LogP contribution in [-0.2, 0) is 25.3 Å². The van der Waals surface area contributed by atoms with Crippen LogP contribution in [0, 0.1) is 5.92 Å². The van der Waals surface area contributed by atoms with E-state index in [0.29, 0.717) is 44.1 Å². The molecule has 0 spiro atoms. The fourth-order valence-corrected chi connectivity index (χ4v) is 7.74. The maximum Gasteiger partial charge on any atom is 0.311 e. The highest BCUT2D eigenvalue weighted by Crippen LogP contribution is 2.48. The van der Waals surface area contributed by atoms with Crippen molar-refractivity contribution >= 4 is 16.0 Å². The van der Waals surface area contributed by atoms with E-state index in [9.17, 15) is 13.2 Å². The summed E-state index contributed by atoms with van der Waals surface area (Å²) >= 11 is 0. The van der Waals surface area contributed by atoms with Gasteiger partial charge in [-0.3, -0.25) is 9.69 Å². The number of carbonyl (C=O) groups is 1. The molecule has 230 valence electrons. The van der Waals surface area contributed by atoms with Crippen molar-refractivity contribution in [2.45, 2.75) is 38.0 Å². The van der Waals surface area contributed by atoms with Crippen molar-refractivity contribution in [1.29, 1.82) is 0 Å². The van der Waals surface area contributed by atoms with Crippen LogP contribution in [0.1, 0.15) is 48.9 Å². The number of benzene rings is 3. The first-order chi connectivity index (χ1) is 20.8. The van der Waals surface area contributed by atoms with Gasteiger partial charge in [0.1, 0.15) is 5.75 Å². The molecule has 0 radical (unpaired) electrons. The first-order valence-electron chi connectivity index (χ1n) is 14.8. The van der Waals surface area contributed by atoms with Gasteiger partial charge in [0.05, 0.1) is 25.4 Å². The minimum Gasteiger partial charge on any atom is -0.497 e. The third-order valence-electron chi connectivity index (χ3n) is 8.13. The van der Waals surface area contributed by atoms with Gasteiger partial charge in [0.15, 0.2) is 11.5 Å². The summed E-state index contributed by atoms with van der Waals surface area (Å²) < 4.78 is 50.9. The zero-order valence-corrected chi connectivity index (χ0v) is 25.8. The molecule has 2 heterocycles. The lowest BCUT2D eigenvalue weighted by Crippen LogP contribution is -2.40. The fourth-order valence-electron chi connectivity index (χ4n) is 6.12. The van der Waals surface area contributed by atoms with Crippen LogP contribution in [0.3, 0.4) is 0 Å². The predicted molar refractivity (Wildman–Crippen MR) is 164 cm³/mol. The third kappa shape index (κ3) is 6.98. The number of carbonyl (C=O) groups excluding carboxylic acids is 1. The number of hydrogen-bond donors (Lipinski definition) is 0. The number of hydrogen-bond acceptors (Lipinski definition) is 8. The van der Waals surface area contributed by atoms with Gasteiger partial charge in [0.25, 0.3) is 0 Å². The molecule has 1 fully saturated rings. The molecule has 3 aromatic carbocycles. The number of sulfonamides is 1. The van der Waals surface area contributed by atoms with E-state index >= 15 is 0 Å². The van der Waals surface area contributed by atoms with E-state index < -0.39 is 15.9 Å². The molecule has 0 aliphatic carbocycles. The number of nitrogens with zero attached hydrogens (tertiary/aromatic N) is 2. The zero-order valence-electron chi connectivity index (χ0n) is 25.0. The smallest absolute Gasteiger partial charge is 0.311 e. The van der Waals surface area contributed by atoms with E-state index in [-0.39, 0.29) is 37.1 Å². The van der Waals surface area contributed by atoms with E-state index in [1.54, 1.807) is 11.4 Å². The van der Waals surface area contributed by atoms with Gasteiger partial charge in [-0.25, -0.2) is 12.7 Å². The topological polar surface area (TPSA) is 94.6 Å². The molecular formula is C33H40N2O7S. The van der Waals surface area contributed by atoms with Gasteiger partial charge < -0.3 is 18.9 Å². The lowest BCUT2D eigenvalue weighted by atomic mass is 9.82. The normalized spacial score (nSPS) is 20.0. The molecule has 10 heteroatoms. The molecule has 3 atom stereocenters. The molecule has 2 aliphatic rings. The third-order valence-corrected chi connectivity index (χ3v) is 9.98. The fraction of sp³-hybridized carbons (Fsp3) is 0.424.